The van der Waals surface area contributed by atoms with Crippen molar-refractivity contribution in [2.45, 2.75) is 6.92 Å². The Kier molecular flexibility index (Phi) is 3.03. The lowest BCUT2D eigenvalue weighted by atomic mass is 10.2. The van der Waals surface area contributed by atoms with E-state index in [0.717, 1.165) is 0 Å². The third-order valence-corrected chi connectivity index (χ3v) is 2.10. The van der Waals surface area contributed by atoms with E-state index in [-0.39, 0.29) is 11.4 Å². The molecule has 74 valence electrons. The van der Waals surface area contributed by atoms with Gasteiger partial charge in [0.1, 0.15) is 5.69 Å². The number of anilines is 1. The summed E-state index contributed by atoms with van der Waals surface area (Å²) >= 11 is 5.75. The normalized spacial score (nSPS) is 9.57. The van der Waals surface area contributed by atoms with E-state index >= 15 is 0 Å². The van der Waals surface area contributed by atoms with E-state index < -0.39 is 4.92 Å². The predicted octanol–water partition coefficient (Wildman–Crippen LogP) is 2.12. The van der Waals surface area contributed by atoms with Gasteiger partial charge in [0.05, 0.1) is 4.92 Å². The molecule has 1 rings (SSSR count). The number of aryl methyl sites for hydroxylation is 1. The van der Waals surface area contributed by atoms with Gasteiger partial charge in [-0.2, -0.15) is 0 Å². The highest BCUT2D eigenvalue weighted by atomic mass is 35.5. The number of hydrogen-bond acceptors (Lipinski definition) is 3. The average molecular weight is 215 g/mol. The van der Waals surface area contributed by atoms with E-state index in [1.807, 2.05) is 0 Å². The van der Waals surface area contributed by atoms with Crippen LogP contribution in [-0.4, -0.2) is 11.3 Å². The number of nitrogens with one attached hydrogen (secondary N) is 1. The first-order valence-corrected chi connectivity index (χ1v) is 4.08. The molecule has 0 aromatic heterocycles. The highest BCUT2D eigenvalue weighted by Gasteiger charge is 2.15. The fraction of sp³-hybridized carbons (Fsp3) is 0.125. The molecule has 6 heteroatoms. The molecule has 0 unspecified atom stereocenters. The Balaban J connectivity index is 3.30. The number of amides is 1. The van der Waals surface area contributed by atoms with Gasteiger partial charge in [-0.05, 0) is 18.6 Å². The van der Waals surface area contributed by atoms with E-state index in [4.69, 9.17) is 11.6 Å². The van der Waals surface area contributed by atoms with Gasteiger partial charge in [-0.1, -0.05) is 11.6 Å². The van der Waals surface area contributed by atoms with Crippen LogP contribution in [0.2, 0.25) is 5.02 Å². The van der Waals surface area contributed by atoms with Gasteiger partial charge in [0.2, 0.25) is 6.41 Å². The summed E-state index contributed by atoms with van der Waals surface area (Å²) < 4.78 is 0. The molecule has 0 bridgehead atoms. The summed E-state index contributed by atoms with van der Waals surface area (Å²) in [7, 11) is 0. The molecule has 0 radical (unpaired) electrons. The van der Waals surface area contributed by atoms with Crippen LogP contribution in [0, 0.1) is 17.0 Å². The summed E-state index contributed by atoms with van der Waals surface area (Å²) in [6, 6.07) is 2.66. The number of carbonyl (C=O) groups is 1. The Labute approximate surface area is 84.8 Å². The molecule has 0 aliphatic carbocycles. The largest absolute Gasteiger partial charge is 0.323 e. The lowest BCUT2D eigenvalue weighted by Crippen LogP contribution is -2.00. The predicted molar refractivity (Wildman–Crippen MR) is 52.5 cm³/mol. The zero-order valence-corrected chi connectivity index (χ0v) is 8.04. The molecule has 0 saturated carbocycles. The van der Waals surface area contributed by atoms with Gasteiger partial charge in [-0.25, -0.2) is 0 Å². The van der Waals surface area contributed by atoms with Gasteiger partial charge in [-0.15, -0.1) is 0 Å². The standard InChI is InChI=1S/C8H7ClN2O3/c1-5-2-8(11(13)14)7(10-4-12)3-6(5)9/h2-4H,1H3,(H,10,12). The van der Waals surface area contributed by atoms with Crippen molar-refractivity contribution >= 4 is 29.4 Å². The lowest BCUT2D eigenvalue weighted by molar-refractivity contribution is -0.384. The summed E-state index contributed by atoms with van der Waals surface area (Å²) in [5, 5.41) is 13.2. The maximum absolute atomic E-state index is 10.6. The van der Waals surface area contributed by atoms with Crippen LogP contribution in [0.3, 0.4) is 0 Å². The number of nitrogens with zero attached hydrogens (tertiary/aromatic N) is 1. The molecule has 5 nitrogen and oxygen atoms in total. The smallest absolute Gasteiger partial charge is 0.293 e. The summed E-state index contributed by atoms with van der Waals surface area (Å²) in [6.45, 7) is 1.65. The molecule has 0 aliphatic rings. The zero-order valence-electron chi connectivity index (χ0n) is 7.28. The summed E-state index contributed by atoms with van der Waals surface area (Å²) in [5.41, 5.74) is 0.523. The van der Waals surface area contributed by atoms with Gasteiger partial charge in [-0.3, -0.25) is 14.9 Å². The van der Waals surface area contributed by atoms with Crippen LogP contribution < -0.4 is 5.32 Å². The average Bonchev–Trinajstić information content (AvgIpc) is 2.11. The first-order chi connectivity index (χ1) is 6.56. The van der Waals surface area contributed by atoms with Crippen molar-refractivity contribution in [3.05, 3.63) is 32.8 Å². The topological polar surface area (TPSA) is 72.2 Å². The molecule has 0 aliphatic heterocycles. The second-order valence-corrected chi connectivity index (χ2v) is 3.05. The van der Waals surface area contributed by atoms with Crippen LogP contribution >= 0.6 is 11.6 Å². The van der Waals surface area contributed by atoms with Crippen LogP contribution in [0.5, 0.6) is 0 Å². The third kappa shape index (κ3) is 2.00. The van der Waals surface area contributed by atoms with Gasteiger partial charge in [0.15, 0.2) is 0 Å². The van der Waals surface area contributed by atoms with Gasteiger partial charge >= 0.3 is 0 Å². The maximum Gasteiger partial charge on any atom is 0.293 e. The van der Waals surface area contributed by atoms with Crippen molar-refractivity contribution in [3.8, 4) is 0 Å². The Hall–Kier alpha value is -1.62. The fourth-order valence-electron chi connectivity index (χ4n) is 0.996. The van der Waals surface area contributed by atoms with Crippen molar-refractivity contribution in [1.82, 2.24) is 0 Å². The molecular weight excluding hydrogens is 208 g/mol. The van der Waals surface area contributed by atoms with Crippen molar-refractivity contribution in [1.29, 1.82) is 0 Å². The molecule has 0 saturated heterocycles. The first kappa shape index (κ1) is 10.5. The van der Waals surface area contributed by atoms with Crippen molar-refractivity contribution in [2.24, 2.45) is 0 Å². The van der Waals surface area contributed by atoms with Gasteiger partial charge < -0.3 is 5.32 Å². The first-order valence-electron chi connectivity index (χ1n) is 3.71. The minimum Gasteiger partial charge on any atom is -0.323 e. The van der Waals surface area contributed by atoms with Gasteiger partial charge in [0.25, 0.3) is 5.69 Å². The quantitative estimate of drug-likeness (QED) is 0.476. The van der Waals surface area contributed by atoms with Crippen molar-refractivity contribution in [2.75, 3.05) is 5.32 Å². The van der Waals surface area contributed by atoms with Crippen LogP contribution in [0.25, 0.3) is 0 Å². The number of nitro benzene ring substituents is 1. The molecule has 0 atom stereocenters. The van der Waals surface area contributed by atoms with Crippen LogP contribution in [0.15, 0.2) is 12.1 Å². The highest BCUT2D eigenvalue weighted by molar-refractivity contribution is 6.31. The molecule has 1 aromatic carbocycles. The molecule has 1 amide bonds. The number of rotatable bonds is 3. The number of halogens is 1. The second-order valence-electron chi connectivity index (χ2n) is 2.64. The Morgan fingerprint density at radius 1 is 1.57 bits per heavy atom. The highest BCUT2D eigenvalue weighted by Crippen LogP contribution is 2.30. The van der Waals surface area contributed by atoms with Crippen molar-refractivity contribution in [3.63, 3.8) is 0 Å². The van der Waals surface area contributed by atoms with Gasteiger partial charge in [0, 0.05) is 11.1 Å². The minimum atomic E-state index is -0.574. The number of carbonyl (C=O) groups excluding carboxylic acids is 1. The molecule has 0 heterocycles. The van der Waals surface area contributed by atoms with E-state index in [2.05, 4.69) is 5.32 Å². The number of hydrogen-bond donors (Lipinski definition) is 1. The number of benzene rings is 1. The molecule has 1 aromatic rings. The molecule has 14 heavy (non-hydrogen) atoms. The molecule has 1 N–H and O–H groups in total. The minimum absolute atomic E-state index is 0.0978. The van der Waals surface area contributed by atoms with Crippen molar-refractivity contribution < 1.29 is 9.72 Å². The van der Waals surface area contributed by atoms with Crippen LogP contribution in [-0.2, 0) is 4.79 Å². The molecule has 0 spiro atoms. The SMILES string of the molecule is Cc1cc([N+](=O)[O-])c(NC=O)cc1Cl. The number of nitro groups is 1. The Morgan fingerprint density at radius 3 is 2.71 bits per heavy atom. The van der Waals surface area contributed by atoms with E-state index in [0.29, 0.717) is 17.0 Å². The second kappa shape index (κ2) is 4.06. The fourth-order valence-corrected chi connectivity index (χ4v) is 1.16. The lowest BCUT2D eigenvalue weighted by Gasteiger charge is -2.03. The Bertz CT molecular complexity index is 392. The zero-order chi connectivity index (χ0) is 10.7. The summed E-state index contributed by atoms with van der Waals surface area (Å²) in [4.78, 5) is 20.2. The van der Waals surface area contributed by atoms with Crippen LogP contribution in [0.4, 0.5) is 11.4 Å². The van der Waals surface area contributed by atoms with Crippen LogP contribution in [0.1, 0.15) is 5.56 Å². The monoisotopic (exact) mass is 214 g/mol. The summed E-state index contributed by atoms with van der Waals surface area (Å²) in [6.07, 6.45) is 0.369. The van der Waals surface area contributed by atoms with E-state index in [9.17, 15) is 14.9 Å². The van der Waals surface area contributed by atoms with E-state index in [1.54, 1.807) is 6.92 Å². The maximum atomic E-state index is 10.6. The Morgan fingerprint density at radius 2 is 2.21 bits per heavy atom. The van der Waals surface area contributed by atoms with E-state index in [1.165, 1.54) is 12.1 Å². The molecule has 0 fully saturated rings. The molecular formula is C8H7ClN2O3. The summed E-state index contributed by atoms with van der Waals surface area (Å²) in [5.74, 6) is 0. The third-order valence-electron chi connectivity index (χ3n) is 1.69.